The molecule has 0 N–H and O–H groups in total. The summed E-state index contributed by atoms with van der Waals surface area (Å²) in [5, 5.41) is 0.763. The van der Waals surface area contributed by atoms with Gasteiger partial charge in [-0.15, -0.1) is 0 Å². The first-order chi connectivity index (χ1) is 9.74. The topological polar surface area (TPSA) is 20.3 Å². The maximum atomic E-state index is 12.2. The zero-order valence-electron chi connectivity index (χ0n) is 11.2. The van der Waals surface area contributed by atoms with E-state index < -0.39 is 0 Å². The van der Waals surface area contributed by atoms with Crippen LogP contribution in [0.15, 0.2) is 48.5 Å². The second kappa shape index (κ2) is 5.68. The highest BCUT2D eigenvalue weighted by Gasteiger charge is 2.25. The predicted molar refractivity (Wildman–Crippen MR) is 81.0 cm³/mol. The Kier molecular flexibility index (Phi) is 3.75. The molecule has 0 bridgehead atoms. The smallest absolute Gasteiger partial charge is 0.254 e. The number of rotatable bonds is 4. The van der Waals surface area contributed by atoms with E-state index in [0.29, 0.717) is 0 Å². The summed E-state index contributed by atoms with van der Waals surface area (Å²) >= 11 is 5.87. The van der Waals surface area contributed by atoms with Crippen molar-refractivity contribution in [2.75, 3.05) is 6.54 Å². The number of carbonyl (C=O) groups excluding carboxylic acids is 1. The van der Waals surface area contributed by atoms with Crippen LogP contribution in [0.1, 0.15) is 27.9 Å². The molecule has 0 saturated carbocycles. The highest BCUT2D eigenvalue weighted by atomic mass is 35.5. The van der Waals surface area contributed by atoms with E-state index in [1.54, 1.807) is 0 Å². The molecule has 0 atom stereocenters. The molecule has 102 valence electrons. The van der Waals surface area contributed by atoms with Crippen molar-refractivity contribution in [2.45, 2.75) is 19.4 Å². The average molecular weight is 286 g/mol. The first-order valence-electron chi connectivity index (χ1n) is 6.85. The van der Waals surface area contributed by atoms with Gasteiger partial charge in [0.1, 0.15) is 0 Å². The van der Waals surface area contributed by atoms with Gasteiger partial charge >= 0.3 is 0 Å². The lowest BCUT2D eigenvalue weighted by Crippen LogP contribution is -2.25. The maximum absolute atomic E-state index is 12.2. The lowest BCUT2D eigenvalue weighted by Gasteiger charge is -2.15. The van der Waals surface area contributed by atoms with Gasteiger partial charge in [0.2, 0.25) is 0 Å². The van der Waals surface area contributed by atoms with E-state index in [2.05, 4.69) is 0 Å². The number of nitrogens with zero attached hydrogens (tertiary/aromatic N) is 1. The normalized spacial score (nSPS) is 13.7. The van der Waals surface area contributed by atoms with Crippen molar-refractivity contribution in [2.24, 2.45) is 0 Å². The quantitative estimate of drug-likeness (QED) is 0.833. The number of fused-ring (bicyclic) bond motifs is 1. The van der Waals surface area contributed by atoms with Crippen LogP contribution in [0.3, 0.4) is 0 Å². The van der Waals surface area contributed by atoms with Gasteiger partial charge in [0.15, 0.2) is 0 Å². The molecule has 2 nitrogen and oxygen atoms in total. The predicted octanol–water partition coefficient (Wildman–Crippen LogP) is 3.93. The van der Waals surface area contributed by atoms with Gasteiger partial charge in [0.05, 0.1) is 0 Å². The van der Waals surface area contributed by atoms with E-state index >= 15 is 0 Å². The molecule has 2 aromatic rings. The number of benzene rings is 2. The van der Waals surface area contributed by atoms with Gasteiger partial charge in [-0.25, -0.2) is 0 Å². The fourth-order valence-electron chi connectivity index (χ4n) is 2.62. The van der Waals surface area contributed by atoms with Gasteiger partial charge in [-0.1, -0.05) is 41.9 Å². The monoisotopic (exact) mass is 285 g/mol. The van der Waals surface area contributed by atoms with Gasteiger partial charge in [-0.2, -0.15) is 0 Å². The van der Waals surface area contributed by atoms with E-state index in [0.717, 1.165) is 42.1 Å². The molecule has 0 fully saturated rings. The Morgan fingerprint density at radius 2 is 1.80 bits per heavy atom. The molecular weight excluding hydrogens is 270 g/mol. The molecule has 1 amide bonds. The van der Waals surface area contributed by atoms with Crippen LogP contribution in [0.4, 0.5) is 0 Å². The molecule has 0 unspecified atom stereocenters. The minimum absolute atomic E-state index is 0.164. The Bertz CT molecular complexity index is 621. The molecule has 3 rings (SSSR count). The summed E-state index contributed by atoms with van der Waals surface area (Å²) in [6, 6.07) is 15.8. The largest absolute Gasteiger partial charge is 0.334 e. The molecule has 1 aliphatic rings. The van der Waals surface area contributed by atoms with Crippen molar-refractivity contribution in [1.82, 2.24) is 4.90 Å². The van der Waals surface area contributed by atoms with Crippen molar-refractivity contribution in [3.8, 4) is 0 Å². The third-order valence-electron chi connectivity index (χ3n) is 3.70. The Morgan fingerprint density at radius 3 is 2.55 bits per heavy atom. The lowest BCUT2D eigenvalue weighted by atomic mass is 10.1. The third kappa shape index (κ3) is 2.70. The first kappa shape index (κ1) is 13.2. The Hall–Kier alpha value is -1.80. The fraction of sp³-hybridized carbons (Fsp3) is 0.235. The van der Waals surface area contributed by atoms with E-state index in [-0.39, 0.29) is 5.91 Å². The summed E-state index contributed by atoms with van der Waals surface area (Å²) in [7, 11) is 0. The van der Waals surface area contributed by atoms with Crippen molar-refractivity contribution in [3.63, 3.8) is 0 Å². The van der Waals surface area contributed by atoms with Crippen LogP contribution in [0.2, 0.25) is 5.02 Å². The zero-order chi connectivity index (χ0) is 13.9. The molecule has 0 aromatic heterocycles. The SMILES string of the molecule is O=C1c2ccccc2CN1CCCc1ccc(Cl)cc1. The maximum Gasteiger partial charge on any atom is 0.254 e. The minimum Gasteiger partial charge on any atom is -0.334 e. The third-order valence-corrected chi connectivity index (χ3v) is 3.95. The van der Waals surface area contributed by atoms with E-state index in [1.807, 2.05) is 53.4 Å². The Labute approximate surface area is 124 Å². The summed E-state index contributed by atoms with van der Waals surface area (Å²) in [6.07, 6.45) is 1.94. The summed E-state index contributed by atoms with van der Waals surface area (Å²) in [5.74, 6) is 0.164. The molecule has 0 spiro atoms. The Balaban J connectivity index is 1.56. The van der Waals surface area contributed by atoms with Gasteiger partial charge in [-0.3, -0.25) is 4.79 Å². The van der Waals surface area contributed by atoms with Crippen molar-refractivity contribution in [3.05, 3.63) is 70.2 Å². The number of amides is 1. The number of hydrogen-bond donors (Lipinski definition) is 0. The highest BCUT2D eigenvalue weighted by molar-refractivity contribution is 6.30. The van der Waals surface area contributed by atoms with Crippen LogP contribution >= 0.6 is 11.6 Å². The average Bonchev–Trinajstić information content (AvgIpc) is 2.78. The fourth-order valence-corrected chi connectivity index (χ4v) is 2.75. The van der Waals surface area contributed by atoms with Gasteiger partial charge in [-0.05, 0) is 42.2 Å². The van der Waals surface area contributed by atoms with Gasteiger partial charge in [0, 0.05) is 23.7 Å². The summed E-state index contributed by atoms with van der Waals surface area (Å²) in [6.45, 7) is 1.55. The van der Waals surface area contributed by atoms with Crippen LogP contribution in [0.25, 0.3) is 0 Å². The molecular formula is C17H16ClNO. The van der Waals surface area contributed by atoms with Gasteiger partial charge in [0.25, 0.3) is 5.91 Å². The van der Waals surface area contributed by atoms with Crippen LogP contribution in [-0.4, -0.2) is 17.4 Å². The van der Waals surface area contributed by atoms with Crippen molar-refractivity contribution >= 4 is 17.5 Å². The second-order valence-electron chi connectivity index (χ2n) is 5.11. The Morgan fingerprint density at radius 1 is 1.05 bits per heavy atom. The number of hydrogen-bond acceptors (Lipinski definition) is 1. The molecule has 1 aliphatic heterocycles. The number of aryl methyl sites for hydroxylation is 1. The number of carbonyl (C=O) groups is 1. The van der Waals surface area contributed by atoms with Crippen LogP contribution in [0, 0.1) is 0 Å². The molecule has 0 aliphatic carbocycles. The molecule has 3 heteroatoms. The van der Waals surface area contributed by atoms with Crippen LogP contribution in [0.5, 0.6) is 0 Å². The van der Waals surface area contributed by atoms with Crippen LogP contribution in [-0.2, 0) is 13.0 Å². The summed E-state index contributed by atoms with van der Waals surface area (Å²) < 4.78 is 0. The van der Waals surface area contributed by atoms with Gasteiger partial charge < -0.3 is 4.90 Å². The second-order valence-corrected chi connectivity index (χ2v) is 5.55. The zero-order valence-corrected chi connectivity index (χ0v) is 11.9. The van der Waals surface area contributed by atoms with Crippen molar-refractivity contribution in [1.29, 1.82) is 0 Å². The van der Waals surface area contributed by atoms with E-state index in [1.165, 1.54) is 5.56 Å². The molecule has 1 heterocycles. The minimum atomic E-state index is 0.164. The molecule has 0 saturated heterocycles. The summed E-state index contributed by atoms with van der Waals surface area (Å²) in [4.78, 5) is 14.1. The highest BCUT2D eigenvalue weighted by Crippen LogP contribution is 2.22. The van der Waals surface area contributed by atoms with Crippen LogP contribution < -0.4 is 0 Å². The number of halogens is 1. The molecule has 20 heavy (non-hydrogen) atoms. The summed E-state index contributed by atoms with van der Waals surface area (Å²) in [5.41, 5.74) is 3.27. The van der Waals surface area contributed by atoms with E-state index in [9.17, 15) is 4.79 Å². The first-order valence-corrected chi connectivity index (χ1v) is 7.23. The van der Waals surface area contributed by atoms with E-state index in [4.69, 9.17) is 11.6 Å². The van der Waals surface area contributed by atoms with Crippen molar-refractivity contribution < 1.29 is 4.79 Å². The molecule has 0 radical (unpaired) electrons. The lowest BCUT2D eigenvalue weighted by molar-refractivity contribution is 0.0777. The standard InChI is InChI=1S/C17H16ClNO/c18-15-9-7-13(8-10-15)4-3-11-19-12-14-5-1-2-6-16(14)17(19)20/h1-2,5-10H,3-4,11-12H2. The molecule has 2 aromatic carbocycles.